The first-order chi connectivity index (χ1) is 12.0. The summed E-state index contributed by atoms with van der Waals surface area (Å²) in [4.78, 5) is 16.6. The Morgan fingerprint density at radius 2 is 1.92 bits per heavy atom. The lowest BCUT2D eigenvalue weighted by molar-refractivity contribution is -0.0643. The van der Waals surface area contributed by atoms with E-state index in [1.54, 1.807) is 11.3 Å². The number of hydrogen-bond acceptors (Lipinski definition) is 3. The van der Waals surface area contributed by atoms with Gasteiger partial charge in [0.15, 0.2) is 5.78 Å². The van der Waals surface area contributed by atoms with E-state index < -0.39 is 0 Å². The number of thiophene rings is 1. The van der Waals surface area contributed by atoms with Crippen LogP contribution in [0.3, 0.4) is 0 Å². The van der Waals surface area contributed by atoms with Crippen LogP contribution >= 0.6 is 11.3 Å². The second kappa shape index (κ2) is 5.65. The standard InChI is InChI=1S/C22H27NOS/c1-22(2)18(15-7-9-23(22)10-8-15)13-19(24)21-12-17-11-16(14-3-4-14)5-6-20(17)25-21/h5-6,11-12,14-15,18H,3-4,7-10,13H2,1-2H3/t18-/m0/s1. The van der Waals surface area contributed by atoms with Crippen LogP contribution in [0.15, 0.2) is 24.3 Å². The summed E-state index contributed by atoms with van der Waals surface area (Å²) in [7, 11) is 0. The third kappa shape index (κ3) is 2.67. The van der Waals surface area contributed by atoms with Gasteiger partial charge in [-0.15, -0.1) is 11.3 Å². The van der Waals surface area contributed by atoms with Crippen molar-refractivity contribution in [3.8, 4) is 0 Å². The summed E-state index contributed by atoms with van der Waals surface area (Å²) in [5, 5.41) is 1.27. The molecular formula is C22H27NOS. The number of benzene rings is 1. The molecule has 1 aliphatic carbocycles. The first-order valence-corrected chi connectivity index (χ1v) is 10.7. The highest BCUT2D eigenvalue weighted by molar-refractivity contribution is 7.20. The summed E-state index contributed by atoms with van der Waals surface area (Å²) in [6, 6.07) is 8.96. The van der Waals surface area contributed by atoms with Crippen molar-refractivity contribution >= 4 is 27.2 Å². The minimum atomic E-state index is 0.173. The Hall–Kier alpha value is -1.19. The molecule has 6 rings (SSSR count). The molecule has 2 nitrogen and oxygen atoms in total. The van der Waals surface area contributed by atoms with Gasteiger partial charge in [0, 0.05) is 16.7 Å². The van der Waals surface area contributed by atoms with Gasteiger partial charge < -0.3 is 0 Å². The van der Waals surface area contributed by atoms with Crippen molar-refractivity contribution in [1.29, 1.82) is 0 Å². The predicted octanol–water partition coefficient (Wildman–Crippen LogP) is 5.47. The number of carbonyl (C=O) groups is 1. The first kappa shape index (κ1) is 16.0. The maximum atomic E-state index is 13.1. The van der Waals surface area contributed by atoms with E-state index in [2.05, 4.69) is 43.0 Å². The van der Waals surface area contributed by atoms with E-state index >= 15 is 0 Å². The summed E-state index contributed by atoms with van der Waals surface area (Å²) >= 11 is 1.69. The van der Waals surface area contributed by atoms with Gasteiger partial charge in [0.2, 0.25) is 0 Å². The van der Waals surface area contributed by atoms with Crippen molar-refractivity contribution < 1.29 is 4.79 Å². The van der Waals surface area contributed by atoms with Crippen molar-refractivity contribution in [3.63, 3.8) is 0 Å². The Morgan fingerprint density at radius 3 is 2.60 bits per heavy atom. The van der Waals surface area contributed by atoms with Gasteiger partial charge in [-0.1, -0.05) is 12.1 Å². The zero-order chi connectivity index (χ0) is 17.2. The molecule has 0 N–H and O–H groups in total. The molecule has 4 fully saturated rings. The van der Waals surface area contributed by atoms with Crippen molar-refractivity contribution in [2.24, 2.45) is 11.8 Å². The Balaban J connectivity index is 1.39. The molecule has 3 saturated heterocycles. The van der Waals surface area contributed by atoms with Crippen LogP contribution in [0.25, 0.3) is 10.1 Å². The molecule has 0 unspecified atom stereocenters. The van der Waals surface area contributed by atoms with E-state index in [1.165, 1.54) is 54.4 Å². The molecule has 4 heterocycles. The number of fused-ring (bicyclic) bond motifs is 4. The van der Waals surface area contributed by atoms with Crippen molar-refractivity contribution in [3.05, 3.63) is 34.7 Å². The highest BCUT2D eigenvalue weighted by Crippen LogP contribution is 2.46. The molecular weight excluding hydrogens is 326 g/mol. The molecule has 0 amide bonds. The topological polar surface area (TPSA) is 20.3 Å². The van der Waals surface area contributed by atoms with Crippen LogP contribution in [-0.4, -0.2) is 29.3 Å². The fraction of sp³-hybridized carbons (Fsp3) is 0.591. The Morgan fingerprint density at radius 1 is 1.16 bits per heavy atom. The van der Waals surface area contributed by atoms with Gasteiger partial charge in [-0.3, -0.25) is 9.69 Å². The summed E-state index contributed by atoms with van der Waals surface area (Å²) in [5.74, 6) is 2.38. The number of nitrogens with zero attached hydrogens (tertiary/aromatic N) is 1. The first-order valence-electron chi connectivity index (χ1n) is 9.84. The molecule has 132 valence electrons. The van der Waals surface area contributed by atoms with Crippen LogP contribution in [0.1, 0.15) is 67.1 Å². The van der Waals surface area contributed by atoms with Crippen LogP contribution < -0.4 is 0 Å². The van der Waals surface area contributed by atoms with Crippen molar-refractivity contribution in [2.75, 3.05) is 13.1 Å². The van der Waals surface area contributed by atoms with Gasteiger partial charge in [-0.2, -0.15) is 0 Å². The number of rotatable bonds is 4. The maximum Gasteiger partial charge on any atom is 0.173 e. The minimum absolute atomic E-state index is 0.173. The second-order valence-electron chi connectivity index (χ2n) is 8.89. The SMILES string of the molecule is CC1(C)[C@@H](CC(=O)c2cc3cc(C4CC4)ccc3s2)C2CCN1CC2. The molecule has 1 saturated carbocycles. The fourth-order valence-corrected chi connectivity index (χ4v) is 6.27. The Labute approximate surface area is 154 Å². The number of ketones is 1. The largest absolute Gasteiger partial charge is 0.298 e. The molecule has 3 heteroatoms. The number of carbonyl (C=O) groups excluding carboxylic acids is 1. The molecule has 0 radical (unpaired) electrons. The number of hydrogen-bond donors (Lipinski definition) is 0. The molecule has 1 aromatic heterocycles. The van der Waals surface area contributed by atoms with E-state index in [0.29, 0.717) is 11.7 Å². The van der Waals surface area contributed by atoms with E-state index in [-0.39, 0.29) is 5.54 Å². The van der Waals surface area contributed by atoms with Crippen molar-refractivity contribution in [2.45, 2.75) is 57.4 Å². The van der Waals surface area contributed by atoms with Gasteiger partial charge in [0.1, 0.15) is 0 Å². The van der Waals surface area contributed by atoms with Gasteiger partial charge in [0.25, 0.3) is 0 Å². The summed E-state index contributed by atoms with van der Waals surface area (Å²) in [6.45, 7) is 7.14. The number of Topliss-reactive ketones (excluding diaryl/α,β-unsaturated/α-hetero) is 1. The fourth-order valence-electron chi connectivity index (χ4n) is 5.28. The molecule has 0 spiro atoms. The summed E-state index contributed by atoms with van der Waals surface area (Å²) in [5.41, 5.74) is 1.63. The minimum Gasteiger partial charge on any atom is -0.298 e. The molecule has 2 aromatic rings. The monoisotopic (exact) mass is 353 g/mol. The average molecular weight is 354 g/mol. The van der Waals surface area contributed by atoms with Crippen molar-refractivity contribution in [1.82, 2.24) is 4.90 Å². The van der Waals surface area contributed by atoms with Crippen LogP contribution in [0.2, 0.25) is 0 Å². The molecule has 1 atom stereocenters. The molecule has 25 heavy (non-hydrogen) atoms. The summed E-state index contributed by atoms with van der Waals surface area (Å²) < 4.78 is 1.26. The third-order valence-corrected chi connectivity index (χ3v) is 8.26. The smallest absolute Gasteiger partial charge is 0.173 e. The van der Waals surface area contributed by atoms with Gasteiger partial charge in [-0.05, 0) is 93.5 Å². The maximum absolute atomic E-state index is 13.1. The quantitative estimate of drug-likeness (QED) is 0.679. The van der Waals surface area contributed by atoms with E-state index in [9.17, 15) is 4.79 Å². The van der Waals surface area contributed by atoms with Gasteiger partial charge >= 0.3 is 0 Å². The van der Waals surface area contributed by atoms with E-state index in [1.807, 2.05) is 0 Å². The lowest BCUT2D eigenvalue weighted by atomic mass is 9.65. The van der Waals surface area contributed by atoms with Crippen LogP contribution in [0.4, 0.5) is 0 Å². The lowest BCUT2D eigenvalue weighted by Crippen LogP contribution is -2.61. The molecule has 4 aliphatic rings. The van der Waals surface area contributed by atoms with E-state index in [4.69, 9.17) is 0 Å². The third-order valence-electron chi connectivity index (χ3n) is 7.10. The zero-order valence-electron chi connectivity index (χ0n) is 15.3. The number of piperidine rings is 3. The Bertz CT molecular complexity index is 824. The van der Waals surface area contributed by atoms with Crippen LogP contribution in [0, 0.1) is 11.8 Å². The van der Waals surface area contributed by atoms with Gasteiger partial charge in [0.05, 0.1) is 4.88 Å². The molecule has 2 bridgehead atoms. The lowest BCUT2D eigenvalue weighted by Gasteiger charge is -2.56. The van der Waals surface area contributed by atoms with Gasteiger partial charge in [-0.25, -0.2) is 0 Å². The predicted molar refractivity (Wildman–Crippen MR) is 105 cm³/mol. The highest BCUT2D eigenvalue weighted by atomic mass is 32.1. The normalized spacial score (nSPS) is 30.7. The second-order valence-corrected chi connectivity index (χ2v) is 9.98. The van der Waals surface area contributed by atoms with Crippen LogP contribution in [0.5, 0.6) is 0 Å². The summed E-state index contributed by atoms with van der Waals surface area (Å²) in [6.07, 6.45) is 5.93. The van der Waals surface area contributed by atoms with E-state index in [0.717, 1.165) is 23.1 Å². The zero-order valence-corrected chi connectivity index (χ0v) is 16.1. The van der Waals surface area contributed by atoms with Crippen LogP contribution in [-0.2, 0) is 0 Å². The molecule has 3 aliphatic heterocycles. The Kier molecular flexibility index (Phi) is 3.62. The highest BCUT2D eigenvalue weighted by Gasteiger charge is 2.48. The molecule has 1 aromatic carbocycles. The average Bonchev–Trinajstić information content (AvgIpc) is 3.36.